The molecular weight excluding hydrogens is 264 g/mol. The van der Waals surface area contributed by atoms with Crippen LogP contribution in [0.4, 0.5) is 5.69 Å². The molecule has 0 fully saturated rings. The second kappa shape index (κ2) is 7.46. The highest BCUT2D eigenvalue weighted by atomic mass is 35.5. The van der Waals surface area contributed by atoms with E-state index >= 15 is 0 Å². The van der Waals surface area contributed by atoms with E-state index in [1.165, 1.54) is 0 Å². The number of nitro benzene ring substituents is 1. The fourth-order valence-electron chi connectivity index (χ4n) is 1.92. The smallest absolute Gasteiger partial charge is 0.272 e. The Kier molecular flexibility index (Phi) is 6.25. The molecule has 0 N–H and O–H groups in total. The van der Waals surface area contributed by atoms with Gasteiger partial charge in [-0.2, -0.15) is 0 Å². The lowest BCUT2D eigenvalue weighted by atomic mass is 10.1. The molecule has 5 heteroatoms. The number of alkyl halides is 1. The minimum atomic E-state index is -0.358. The van der Waals surface area contributed by atoms with Gasteiger partial charge in [0, 0.05) is 18.2 Å². The van der Waals surface area contributed by atoms with Crippen LogP contribution < -0.4 is 0 Å². The van der Waals surface area contributed by atoms with Crippen molar-refractivity contribution in [3.63, 3.8) is 0 Å². The predicted molar refractivity (Wildman–Crippen MR) is 78.8 cm³/mol. The van der Waals surface area contributed by atoms with Gasteiger partial charge < -0.3 is 4.90 Å². The lowest BCUT2D eigenvalue weighted by Crippen LogP contribution is -2.23. The van der Waals surface area contributed by atoms with E-state index in [0.717, 1.165) is 24.9 Å². The molecular formula is C14H21ClN2O2. The zero-order chi connectivity index (χ0) is 14.4. The number of unbranched alkanes of at least 4 members (excludes halogenated alkanes) is 1. The number of likely N-dealkylation sites (N-methyl/N-ethyl adjacent to an activating group) is 1. The topological polar surface area (TPSA) is 46.4 Å². The van der Waals surface area contributed by atoms with Gasteiger partial charge in [0.1, 0.15) is 0 Å². The Morgan fingerprint density at radius 2 is 2.16 bits per heavy atom. The van der Waals surface area contributed by atoms with Crippen molar-refractivity contribution in [2.24, 2.45) is 0 Å². The van der Waals surface area contributed by atoms with E-state index in [-0.39, 0.29) is 16.0 Å². The number of hydrogen-bond acceptors (Lipinski definition) is 3. The fraction of sp³-hybridized carbons (Fsp3) is 0.571. The number of nitrogens with zero attached hydrogens (tertiary/aromatic N) is 2. The molecule has 19 heavy (non-hydrogen) atoms. The van der Waals surface area contributed by atoms with Gasteiger partial charge in [0.25, 0.3) is 5.69 Å². The summed E-state index contributed by atoms with van der Waals surface area (Å²) in [5.41, 5.74) is 1.61. The lowest BCUT2D eigenvalue weighted by Gasteiger charge is -2.20. The van der Waals surface area contributed by atoms with Gasteiger partial charge in [-0.3, -0.25) is 10.1 Å². The van der Waals surface area contributed by atoms with Gasteiger partial charge in [-0.1, -0.05) is 25.5 Å². The average molecular weight is 285 g/mol. The number of rotatable bonds is 7. The standard InChI is InChI=1S/C14H21ClN2O2/c1-4-5-8-16(3)10-13(15)12-7-6-11(2)14(9-12)17(18)19/h6-7,9,13H,4-5,8,10H2,1-3H3. The monoisotopic (exact) mass is 284 g/mol. The van der Waals surface area contributed by atoms with Crippen molar-refractivity contribution >= 4 is 17.3 Å². The van der Waals surface area contributed by atoms with Gasteiger partial charge in [0.2, 0.25) is 0 Å². The van der Waals surface area contributed by atoms with Gasteiger partial charge in [-0.15, -0.1) is 11.6 Å². The van der Waals surface area contributed by atoms with Crippen LogP contribution in [-0.2, 0) is 0 Å². The number of benzene rings is 1. The number of nitro groups is 1. The van der Waals surface area contributed by atoms with Crippen molar-refractivity contribution in [1.82, 2.24) is 4.90 Å². The maximum Gasteiger partial charge on any atom is 0.272 e. The first-order valence-corrected chi connectivity index (χ1v) is 6.97. The molecule has 1 atom stereocenters. The van der Waals surface area contributed by atoms with Gasteiger partial charge >= 0.3 is 0 Å². The number of hydrogen-bond donors (Lipinski definition) is 0. The first kappa shape index (κ1) is 15.9. The third kappa shape index (κ3) is 4.80. The third-order valence-electron chi connectivity index (χ3n) is 3.16. The van der Waals surface area contributed by atoms with Crippen LogP contribution in [0.3, 0.4) is 0 Å². The number of aryl methyl sites for hydroxylation is 1. The second-order valence-corrected chi connectivity index (χ2v) is 5.41. The van der Waals surface area contributed by atoms with Gasteiger partial charge in [-0.25, -0.2) is 0 Å². The van der Waals surface area contributed by atoms with Crippen molar-refractivity contribution in [3.8, 4) is 0 Å². The SMILES string of the molecule is CCCCN(C)CC(Cl)c1ccc(C)c([N+](=O)[O-])c1. The molecule has 0 aliphatic heterocycles. The molecule has 0 aliphatic carbocycles. The van der Waals surface area contributed by atoms with Crippen molar-refractivity contribution < 1.29 is 4.92 Å². The highest BCUT2D eigenvalue weighted by Gasteiger charge is 2.16. The number of halogens is 1. The Morgan fingerprint density at radius 3 is 2.74 bits per heavy atom. The fourth-order valence-corrected chi connectivity index (χ4v) is 2.29. The summed E-state index contributed by atoms with van der Waals surface area (Å²) in [7, 11) is 2.02. The highest BCUT2D eigenvalue weighted by Crippen LogP contribution is 2.27. The molecule has 0 amide bonds. The summed E-state index contributed by atoms with van der Waals surface area (Å²) >= 11 is 6.34. The Morgan fingerprint density at radius 1 is 1.47 bits per heavy atom. The van der Waals surface area contributed by atoms with E-state index in [0.29, 0.717) is 12.1 Å². The van der Waals surface area contributed by atoms with Gasteiger partial charge in [0.15, 0.2) is 0 Å². The summed E-state index contributed by atoms with van der Waals surface area (Å²) in [5.74, 6) is 0. The van der Waals surface area contributed by atoms with Crippen molar-refractivity contribution in [2.75, 3.05) is 20.1 Å². The van der Waals surface area contributed by atoms with Crippen LogP contribution in [0.5, 0.6) is 0 Å². The molecule has 0 spiro atoms. The zero-order valence-corrected chi connectivity index (χ0v) is 12.5. The van der Waals surface area contributed by atoms with Crippen molar-refractivity contribution in [1.29, 1.82) is 0 Å². The normalized spacial score (nSPS) is 12.7. The van der Waals surface area contributed by atoms with E-state index < -0.39 is 0 Å². The summed E-state index contributed by atoms with van der Waals surface area (Å²) < 4.78 is 0. The van der Waals surface area contributed by atoms with E-state index in [1.807, 2.05) is 13.1 Å². The molecule has 0 radical (unpaired) electrons. The summed E-state index contributed by atoms with van der Waals surface area (Å²) in [5, 5.41) is 10.7. The Bertz CT molecular complexity index is 437. The van der Waals surface area contributed by atoms with E-state index in [2.05, 4.69) is 11.8 Å². The third-order valence-corrected chi connectivity index (χ3v) is 3.55. The van der Waals surface area contributed by atoms with Crippen LogP contribution >= 0.6 is 11.6 Å². The molecule has 0 heterocycles. The van der Waals surface area contributed by atoms with Crippen LogP contribution in [0.15, 0.2) is 18.2 Å². The van der Waals surface area contributed by atoms with Gasteiger partial charge in [0.05, 0.1) is 10.3 Å². The molecule has 1 unspecified atom stereocenters. The minimum Gasteiger partial charge on any atom is -0.305 e. The predicted octanol–water partition coefficient (Wildman–Crippen LogP) is 3.92. The van der Waals surface area contributed by atoms with E-state index in [4.69, 9.17) is 11.6 Å². The molecule has 4 nitrogen and oxygen atoms in total. The first-order valence-electron chi connectivity index (χ1n) is 6.53. The van der Waals surface area contributed by atoms with Crippen LogP contribution in [0, 0.1) is 17.0 Å². The van der Waals surface area contributed by atoms with Crippen molar-refractivity contribution in [3.05, 3.63) is 39.4 Å². The molecule has 1 rings (SSSR count). The summed E-state index contributed by atoms with van der Waals surface area (Å²) in [6, 6.07) is 5.21. The van der Waals surface area contributed by atoms with E-state index in [9.17, 15) is 10.1 Å². The summed E-state index contributed by atoms with van der Waals surface area (Å²) in [6.07, 6.45) is 2.28. The van der Waals surface area contributed by atoms with Crippen LogP contribution in [0.1, 0.15) is 36.3 Å². The maximum atomic E-state index is 10.9. The Balaban J connectivity index is 2.74. The van der Waals surface area contributed by atoms with Crippen molar-refractivity contribution in [2.45, 2.75) is 32.1 Å². The second-order valence-electron chi connectivity index (χ2n) is 4.89. The van der Waals surface area contributed by atoms with Crippen LogP contribution in [0.25, 0.3) is 0 Å². The Hall–Kier alpha value is -1.13. The Labute approximate surface area is 119 Å². The minimum absolute atomic E-state index is 0.138. The average Bonchev–Trinajstić information content (AvgIpc) is 2.36. The summed E-state index contributed by atoms with van der Waals surface area (Å²) in [4.78, 5) is 12.7. The van der Waals surface area contributed by atoms with Crippen LogP contribution in [0.2, 0.25) is 0 Å². The highest BCUT2D eigenvalue weighted by molar-refractivity contribution is 6.21. The molecule has 0 bridgehead atoms. The molecule has 0 aliphatic rings. The first-order chi connectivity index (χ1) is 8.95. The summed E-state index contributed by atoms with van der Waals surface area (Å²) in [6.45, 7) is 5.57. The molecule has 0 saturated heterocycles. The van der Waals surface area contributed by atoms with E-state index in [1.54, 1.807) is 19.1 Å². The molecule has 0 saturated carbocycles. The maximum absolute atomic E-state index is 10.9. The molecule has 1 aromatic carbocycles. The molecule has 1 aromatic rings. The molecule has 106 valence electrons. The molecule has 0 aromatic heterocycles. The van der Waals surface area contributed by atoms with Gasteiger partial charge in [-0.05, 0) is 32.5 Å². The van der Waals surface area contributed by atoms with Crippen LogP contribution in [-0.4, -0.2) is 30.0 Å². The zero-order valence-electron chi connectivity index (χ0n) is 11.7. The lowest BCUT2D eigenvalue weighted by molar-refractivity contribution is -0.385. The quantitative estimate of drug-likeness (QED) is 0.433. The largest absolute Gasteiger partial charge is 0.305 e.